The molecule has 0 fully saturated rings. The van der Waals surface area contributed by atoms with E-state index in [0.29, 0.717) is 16.6 Å². The number of rotatable bonds is 4. The van der Waals surface area contributed by atoms with Gasteiger partial charge in [0.25, 0.3) is 0 Å². The fourth-order valence-corrected chi connectivity index (χ4v) is 4.43. The molecule has 0 aromatic carbocycles. The Kier molecular flexibility index (Phi) is 5.41. The molecule has 0 aliphatic rings. The maximum atomic E-state index is 13.0. The molecule has 0 radical (unpaired) electrons. The van der Waals surface area contributed by atoms with Gasteiger partial charge in [0.15, 0.2) is 15.7 Å². The van der Waals surface area contributed by atoms with Crippen molar-refractivity contribution in [3.63, 3.8) is 0 Å². The number of alkyl halides is 3. The average Bonchev–Trinajstić information content (AvgIpc) is 3.08. The van der Waals surface area contributed by atoms with Gasteiger partial charge in [-0.2, -0.15) is 13.2 Å². The molecule has 0 amide bonds. The third-order valence-electron chi connectivity index (χ3n) is 4.90. The van der Waals surface area contributed by atoms with Gasteiger partial charge in [-0.1, -0.05) is 18.5 Å². The van der Waals surface area contributed by atoms with E-state index in [9.17, 15) is 21.6 Å². The Balaban J connectivity index is 1.95. The number of aromatic nitrogens is 5. The van der Waals surface area contributed by atoms with E-state index < -0.39 is 21.7 Å². The zero-order valence-corrected chi connectivity index (χ0v) is 18.3. The zero-order valence-electron chi connectivity index (χ0n) is 16.7. The molecule has 4 aromatic rings. The molecule has 0 saturated heterocycles. The van der Waals surface area contributed by atoms with Gasteiger partial charge in [-0.05, 0) is 29.8 Å². The van der Waals surface area contributed by atoms with E-state index in [1.54, 1.807) is 19.2 Å². The minimum Gasteiger partial charge on any atom is -0.324 e. The van der Waals surface area contributed by atoms with Crippen LogP contribution in [0.15, 0.2) is 47.8 Å². The Morgan fingerprint density at radius 1 is 1.06 bits per heavy atom. The summed E-state index contributed by atoms with van der Waals surface area (Å²) in [5.41, 5.74) is 0.374. The number of halogens is 4. The smallest absolute Gasteiger partial charge is 0.324 e. The van der Waals surface area contributed by atoms with Crippen LogP contribution in [0.4, 0.5) is 13.2 Å². The summed E-state index contributed by atoms with van der Waals surface area (Å²) in [6.45, 7) is 1.49. The van der Waals surface area contributed by atoms with E-state index in [4.69, 9.17) is 11.6 Å². The van der Waals surface area contributed by atoms with E-state index >= 15 is 0 Å². The van der Waals surface area contributed by atoms with Crippen molar-refractivity contribution in [1.82, 2.24) is 24.5 Å². The van der Waals surface area contributed by atoms with E-state index in [2.05, 4.69) is 19.9 Å². The molecule has 32 heavy (non-hydrogen) atoms. The van der Waals surface area contributed by atoms with Crippen molar-refractivity contribution in [2.45, 2.75) is 18.0 Å². The molecular weight excluding hydrogens is 467 g/mol. The van der Waals surface area contributed by atoms with Crippen LogP contribution in [0.2, 0.25) is 5.15 Å². The summed E-state index contributed by atoms with van der Waals surface area (Å²) in [5.74, 6) is -0.0983. The fraction of sp³-hybridized carbons (Fsp3) is 0.200. The van der Waals surface area contributed by atoms with Gasteiger partial charge < -0.3 is 4.57 Å². The molecule has 0 atom stereocenters. The number of fused-ring (bicyclic) bond motifs is 1. The number of hydrogen-bond donors (Lipinski definition) is 0. The van der Waals surface area contributed by atoms with Crippen molar-refractivity contribution in [3.05, 3.63) is 53.7 Å². The van der Waals surface area contributed by atoms with Gasteiger partial charge in [-0.3, -0.25) is 4.98 Å². The SMILES string of the molecule is CCS(=O)(=O)c1cc(-c2ccnc(Cl)c2)cnc1-c1nc2cc(C(F)(F)F)ncc2n1C. The molecule has 4 heterocycles. The van der Waals surface area contributed by atoms with Crippen molar-refractivity contribution in [1.29, 1.82) is 0 Å². The third-order valence-corrected chi connectivity index (χ3v) is 6.85. The lowest BCUT2D eigenvalue weighted by Crippen LogP contribution is -2.09. The van der Waals surface area contributed by atoms with Gasteiger partial charge in [0, 0.05) is 25.0 Å². The third kappa shape index (κ3) is 3.93. The van der Waals surface area contributed by atoms with Crippen LogP contribution in [0.5, 0.6) is 0 Å². The van der Waals surface area contributed by atoms with Crippen molar-refractivity contribution < 1.29 is 21.6 Å². The molecule has 0 aliphatic heterocycles. The Morgan fingerprint density at radius 3 is 2.47 bits per heavy atom. The summed E-state index contributed by atoms with van der Waals surface area (Å²) in [7, 11) is -2.21. The number of nitrogens with zero attached hydrogens (tertiary/aromatic N) is 5. The minimum absolute atomic E-state index is 0.0245. The second-order valence-electron chi connectivity index (χ2n) is 6.89. The summed E-state index contributed by atoms with van der Waals surface area (Å²) < 4.78 is 66.4. The van der Waals surface area contributed by atoms with Gasteiger partial charge in [-0.25, -0.2) is 23.4 Å². The normalized spacial score (nSPS) is 12.4. The molecule has 166 valence electrons. The van der Waals surface area contributed by atoms with Gasteiger partial charge in [0.2, 0.25) is 0 Å². The summed E-state index contributed by atoms with van der Waals surface area (Å²) in [6.07, 6.45) is -0.644. The molecule has 4 aromatic heterocycles. The Hall–Kier alpha value is -3.05. The van der Waals surface area contributed by atoms with Gasteiger partial charge in [0.05, 0.1) is 27.9 Å². The summed E-state index contributed by atoms with van der Waals surface area (Å²) in [5, 5.41) is 0.231. The second kappa shape index (κ2) is 7.82. The average molecular weight is 482 g/mol. The first-order valence-corrected chi connectivity index (χ1v) is 11.3. The molecule has 0 bridgehead atoms. The topological polar surface area (TPSA) is 90.6 Å². The quantitative estimate of drug-likeness (QED) is 0.397. The van der Waals surface area contributed by atoms with E-state index in [0.717, 1.165) is 12.3 Å². The van der Waals surface area contributed by atoms with Crippen LogP contribution in [-0.2, 0) is 23.1 Å². The van der Waals surface area contributed by atoms with Gasteiger partial charge >= 0.3 is 6.18 Å². The molecule has 0 unspecified atom stereocenters. The Bertz CT molecular complexity index is 1450. The predicted molar refractivity (Wildman–Crippen MR) is 113 cm³/mol. The van der Waals surface area contributed by atoms with Gasteiger partial charge in [-0.15, -0.1) is 0 Å². The molecule has 7 nitrogen and oxygen atoms in total. The van der Waals surface area contributed by atoms with Crippen LogP contribution in [0.3, 0.4) is 0 Å². The lowest BCUT2D eigenvalue weighted by molar-refractivity contribution is -0.141. The molecule has 0 N–H and O–H groups in total. The Morgan fingerprint density at radius 2 is 1.81 bits per heavy atom. The highest BCUT2D eigenvalue weighted by molar-refractivity contribution is 7.91. The summed E-state index contributed by atoms with van der Waals surface area (Å²) >= 11 is 5.94. The van der Waals surface area contributed by atoms with Crippen LogP contribution in [0.25, 0.3) is 33.7 Å². The van der Waals surface area contributed by atoms with Crippen LogP contribution in [0.1, 0.15) is 12.6 Å². The highest BCUT2D eigenvalue weighted by atomic mass is 35.5. The van der Waals surface area contributed by atoms with Crippen molar-refractivity contribution in [3.8, 4) is 22.6 Å². The van der Waals surface area contributed by atoms with Crippen LogP contribution in [-0.4, -0.2) is 38.7 Å². The number of aryl methyl sites for hydroxylation is 1. The van der Waals surface area contributed by atoms with Gasteiger partial charge in [0.1, 0.15) is 16.5 Å². The molecule has 0 saturated carbocycles. The molecule has 0 aliphatic carbocycles. The van der Waals surface area contributed by atoms with Crippen LogP contribution >= 0.6 is 11.6 Å². The number of imidazole rings is 1. The Labute approximate surface area is 185 Å². The highest BCUT2D eigenvalue weighted by Crippen LogP contribution is 2.34. The molecule has 4 rings (SSSR count). The lowest BCUT2D eigenvalue weighted by Gasteiger charge is -2.11. The first-order chi connectivity index (χ1) is 15.0. The van der Waals surface area contributed by atoms with Crippen molar-refractivity contribution in [2.75, 3.05) is 5.75 Å². The fourth-order valence-electron chi connectivity index (χ4n) is 3.20. The van der Waals surface area contributed by atoms with E-state index in [1.165, 1.54) is 30.0 Å². The lowest BCUT2D eigenvalue weighted by atomic mass is 10.1. The first kappa shape index (κ1) is 22.2. The zero-order chi connectivity index (χ0) is 23.3. The largest absolute Gasteiger partial charge is 0.433 e. The maximum Gasteiger partial charge on any atom is 0.433 e. The first-order valence-electron chi connectivity index (χ1n) is 9.26. The molecule has 0 spiro atoms. The molecule has 12 heteroatoms. The van der Waals surface area contributed by atoms with E-state index in [-0.39, 0.29) is 32.8 Å². The number of sulfone groups is 1. The highest BCUT2D eigenvalue weighted by Gasteiger charge is 2.33. The number of pyridine rings is 3. The van der Waals surface area contributed by atoms with Crippen LogP contribution < -0.4 is 0 Å². The second-order valence-corrected chi connectivity index (χ2v) is 9.53. The predicted octanol–water partition coefficient (Wildman–Crippen LogP) is 4.56. The number of hydrogen-bond acceptors (Lipinski definition) is 6. The molecular formula is C20H15ClF3N5O2S. The maximum absolute atomic E-state index is 13.0. The summed E-state index contributed by atoms with van der Waals surface area (Å²) in [6, 6.07) is 5.50. The van der Waals surface area contributed by atoms with E-state index in [1.807, 2.05) is 0 Å². The standard InChI is InChI=1S/C20H15ClF3N5O2S/c1-3-32(30,31)15-6-12(11-4-5-25-17(21)7-11)9-27-18(15)19-28-13-8-16(20(22,23)24)26-10-14(13)29(19)2/h4-10H,3H2,1-2H3. The van der Waals surface area contributed by atoms with Crippen LogP contribution in [0, 0.1) is 0 Å². The van der Waals surface area contributed by atoms with Crippen molar-refractivity contribution in [2.24, 2.45) is 7.05 Å². The monoisotopic (exact) mass is 481 g/mol. The minimum atomic E-state index is -4.63. The summed E-state index contributed by atoms with van der Waals surface area (Å²) in [4.78, 5) is 15.8. The van der Waals surface area contributed by atoms with Crippen molar-refractivity contribution >= 4 is 32.5 Å².